The van der Waals surface area contributed by atoms with E-state index in [1.807, 2.05) is 4.90 Å². The highest BCUT2D eigenvalue weighted by Gasteiger charge is 2.28. The molecular weight excluding hydrogens is 330 g/mol. The standard InChI is InChI=1S/C21H23NO4/c1-15-8-10-16(11-9-15)19-7-2-3-12-22(19)21(25)17-5-4-6-18(13-17)26-14-20(23)24/h4-6,8-11,13,19H,2-3,7,12,14H2,1H3,(H,23,24). The van der Waals surface area contributed by atoms with E-state index in [2.05, 4.69) is 31.2 Å². The van der Waals surface area contributed by atoms with Crippen molar-refractivity contribution in [2.45, 2.75) is 32.2 Å². The highest BCUT2D eigenvalue weighted by molar-refractivity contribution is 5.95. The number of hydrogen-bond acceptors (Lipinski definition) is 3. The fraction of sp³-hybridized carbons (Fsp3) is 0.333. The molecule has 0 saturated carbocycles. The largest absolute Gasteiger partial charge is 0.482 e. The first-order chi connectivity index (χ1) is 12.5. The SMILES string of the molecule is Cc1ccc(C2CCCCN2C(=O)c2cccc(OCC(=O)O)c2)cc1. The summed E-state index contributed by atoms with van der Waals surface area (Å²) in [6.45, 7) is 2.35. The minimum Gasteiger partial charge on any atom is -0.482 e. The van der Waals surface area contributed by atoms with Crippen LogP contribution >= 0.6 is 0 Å². The molecular formula is C21H23NO4. The molecule has 3 rings (SSSR count). The number of carbonyl (C=O) groups excluding carboxylic acids is 1. The summed E-state index contributed by atoms with van der Waals surface area (Å²) < 4.78 is 5.20. The Morgan fingerprint density at radius 1 is 1.15 bits per heavy atom. The molecule has 0 bridgehead atoms. The van der Waals surface area contributed by atoms with Gasteiger partial charge in [0.25, 0.3) is 5.91 Å². The van der Waals surface area contributed by atoms with Crippen LogP contribution in [0.2, 0.25) is 0 Å². The van der Waals surface area contributed by atoms with E-state index >= 15 is 0 Å². The number of aliphatic carboxylic acids is 1. The van der Waals surface area contributed by atoms with Crippen molar-refractivity contribution in [3.63, 3.8) is 0 Å². The van der Waals surface area contributed by atoms with E-state index in [1.54, 1.807) is 24.3 Å². The quantitative estimate of drug-likeness (QED) is 0.887. The Hall–Kier alpha value is -2.82. The summed E-state index contributed by atoms with van der Waals surface area (Å²) in [5, 5.41) is 8.74. The first-order valence-electron chi connectivity index (χ1n) is 8.87. The van der Waals surface area contributed by atoms with Crippen molar-refractivity contribution in [3.8, 4) is 5.75 Å². The van der Waals surface area contributed by atoms with E-state index in [1.165, 1.54) is 5.56 Å². The molecule has 1 aliphatic rings. The van der Waals surface area contributed by atoms with Gasteiger partial charge >= 0.3 is 5.97 Å². The van der Waals surface area contributed by atoms with Crippen molar-refractivity contribution < 1.29 is 19.4 Å². The molecule has 1 N–H and O–H groups in total. The summed E-state index contributed by atoms with van der Waals surface area (Å²) in [5.41, 5.74) is 2.87. The molecule has 0 spiro atoms. The van der Waals surface area contributed by atoms with Gasteiger partial charge in [-0.25, -0.2) is 4.79 Å². The molecule has 0 aliphatic carbocycles. The van der Waals surface area contributed by atoms with Gasteiger partial charge in [0.2, 0.25) is 0 Å². The molecule has 1 saturated heterocycles. The number of rotatable bonds is 5. The Morgan fingerprint density at radius 2 is 1.92 bits per heavy atom. The number of carboxylic acid groups (broad SMARTS) is 1. The maximum Gasteiger partial charge on any atom is 0.341 e. The molecule has 1 aliphatic heterocycles. The predicted octanol–water partition coefficient (Wildman–Crippen LogP) is 3.83. The fourth-order valence-electron chi connectivity index (χ4n) is 3.34. The van der Waals surface area contributed by atoms with Crippen molar-refractivity contribution in [1.82, 2.24) is 4.90 Å². The lowest BCUT2D eigenvalue weighted by Gasteiger charge is -2.36. The molecule has 5 heteroatoms. The monoisotopic (exact) mass is 353 g/mol. The van der Waals surface area contributed by atoms with Gasteiger partial charge in [0.15, 0.2) is 6.61 Å². The number of nitrogens with zero attached hydrogens (tertiary/aromatic N) is 1. The predicted molar refractivity (Wildman–Crippen MR) is 98.4 cm³/mol. The summed E-state index contributed by atoms with van der Waals surface area (Å²) in [7, 11) is 0. The van der Waals surface area contributed by atoms with Crippen LogP contribution in [0.25, 0.3) is 0 Å². The molecule has 1 heterocycles. The van der Waals surface area contributed by atoms with E-state index in [0.717, 1.165) is 31.4 Å². The van der Waals surface area contributed by atoms with Crippen molar-refractivity contribution in [2.24, 2.45) is 0 Å². The lowest BCUT2D eigenvalue weighted by Crippen LogP contribution is -2.38. The summed E-state index contributed by atoms with van der Waals surface area (Å²) in [6.07, 6.45) is 3.04. The third kappa shape index (κ3) is 4.23. The molecule has 5 nitrogen and oxygen atoms in total. The van der Waals surface area contributed by atoms with E-state index in [9.17, 15) is 9.59 Å². The lowest BCUT2D eigenvalue weighted by atomic mass is 9.94. The number of ether oxygens (including phenoxy) is 1. The highest BCUT2D eigenvalue weighted by Crippen LogP contribution is 2.32. The van der Waals surface area contributed by atoms with Crippen LogP contribution in [0.1, 0.15) is 46.8 Å². The second-order valence-electron chi connectivity index (χ2n) is 6.63. The van der Waals surface area contributed by atoms with Crippen LogP contribution in [0.4, 0.5) is 0 Å². The van der Waals surface area contributed by atoms with Crippen LogP contribution in [-0.2, 0) is 4.79 Å². The Kier molecular flexibility index (Phi) is 5.56. The smallest absolute Gasteiger partial charge is 0.341 e. The van der Waals surface area contributed by atoms with Crippen LogP contribution in [0.5, 0.6) is 5.75 Å². The molecule has 2 aromatic carbocycles. The van der Waals surface area contributed by atoms with E-state index in [0.29, 0.717) is 11.3 Å². The van der Waals surface area contributed by atoms with Crippen LogP contribution in [0, 0.1) is 6.92 Å². The molecule has 0 radical (unpaired) electrons. The minimum absolute atomic E-state index is 0.0453. The number of hydrogen-bond donors (Lipinski definition) is 1. The number of aryl methyl sites for hydroxylation is 1. The molecule has 1 atom stereocenters. The van der Waals surface area contributed by atoms with Crippen molar-refractivity contribution in [3.05, 3.63) is 65.2 Å². The lowest BCUT2D eigenvalue weighted by molar-refractivity contribution is -0.139. The van der Waals surface area contributed by atoms with Crippen LogP contribution < -0.4 is 4.74 Å². The number of benzene rings is 2. The zero-order chi connectivity index (χ0) is 18.5. The van der Waals surface area contributed by atoms with Crippen LogP contribution in [0.15, 0.2) is 48.5 Å². The van der Waals surface area contributed by atoms with Gasteiger partial charge < -0.3 is 14.7 Å². The number of carbonyl (C=O) groups is 2. The summed E-state index contributed by atoms with van der Waals surface area (Å²) in [5.74, 6) is -0.699. The zero-order valence-corrected chi connectivity index (χ0v) is 14.9. The van der Waals surface area contributed by atoms with Crippen LogP contribution in [-0.4, -0.2) is 35.0 Å². The highest BCUT2D eigenvalue weighted by atomic mass is 16.5. The van der Waals surface area contributed by atoms with Crippen LogP contribution in [0.3, 0.4) is 0 Å². The molecule has 26 heavy (non-hydrogen) atoms. The Balaban J connectivity index is 1.81. The van der Waals surface area contributed by atoms with Gasteiger partial charge in [-0.3, -0.25) is 4.79 Å². The second-order valence-corrected chi connectivity index (χ2v) is 6.63. The Labute approximate surface area is 153 Å². The van der Waals surface area contributed by atoms with Crippen molar-refractivity contribution >= 4 is 11.9 Å². The average Bonchev–Trinajstić information content (AvgIpc) is 2.67. The van der Waals surface area contributed by atoms with Gasteiger partial charge in [0.05, 0.1) is 6.04 Å². The topological polar surface area (TPSA) is 66.8 Å². The molecule has 0 aromatic heterocycles. The van der Waals surface area contributed by atoms with Gasteiger partial charge in [-0.1, -0.05) is 35.9 Å². The number of piperidine rings is 1. The first kappa shape index (κ1) is 18.0. The van der Waals surface area contributed by atoms with Gasteiger partial charge in [0, 0.05) is 12.1 Å². The number of likely N-dealkylation sites (tertiary alicyclic amines) is 1. The third-order valence-electron chi connectivity index (χ3n) is 4.67. The number of amides is 1. The molecule has 1 fully saturated rings. The van der Waals surface area contributed by atoms with Gasteiger partial charge in [-0.2, -0.15) is 0 Å². The molecule has 2 aromatic rings. The second kappa shape index (κ2) is 8.04. The van der Waals surface area contributed by atoms with Gasteiger partial charge in [-0.15, -0.1) is 0 Å². The van der Waals surface area contributed by atoms with Crippen molar-refractivity contribution in [2.75, 3.05) is 13.2 Å². The maximum atomic E-state index is 13.1. The summed E-state index contributed by atoms with van der Waals surface area (Å²) in [6, 6.07) is 15.2. The summed E-state index contributed by atoms with van der Waals surface area (Å²) >= 11 is 0. The van der Waals surface area contributed by atoms with Crippen molar-refractivity contribution in [1.29, 1.82) is 0 Å². The molecule has 1 unspecified atom stereocenters. The first-order valence-corrected chi connectivity index (χ1v) is 8.87. The maximum absolute atomic E-state index is 13.1. The zero-order valence-electron chi connectivity index (χ0n) is 14.9. The van der Waals surface area contributed by atoms with E-state index < -0.39 is 12.6 Å². The van der Waals surface area contributed by atoms with Gasteiger partial charge in [-0.05, 0) is 49.9 Å². The fourth-order valence-corrected chi connectivity index (χ4v) is 3.34. The van der Waals surface area contributed by atoms with E-state index in [-0.39, 0.29) is 11.9 Å². The van der Waals surface area contributed by atoms with Gasteiger partial charge in [0.1, 0.15) is 5.75 Å². The Morgan fingerprint density at radius 3 is 2.65 bits per heavy atom. The number of carboxylic acids is 1. The molecule has 136 valence electrons. The van der Waals surface area contributed by atoms with E-state index in [4.69, 9.17) is 9.84 Å². The average molecular weight is 353 g/mol. The summed E-state index contributed by atoms with van der Waals surface area (Å²) in [4.78, 5) is 25.7. The third-order valence-corrected chi connectivity index (χ3v) is 4.67. The normalized spacial score (nSPS) is 17.0. The molecule has 1 amide bonds. The minimum atomic E-state index is -1.04. The Bertz CT molecular complexity index is 785.